The number of aromatic nitrogens is 1. The van der Waals surface area contributed by atoms with E-state index in [1.54, 1.807) is 6.20 Å². The molecule has 1 aromatic heterocycles. The number of nitrogens with zero attached hydrogens (tertiary/aromatic N) is 2. The molecule has 2 rings (SSSR count). The molecule has 0 aliphatic heterocycles. The number of hydrogen-bond acceptors (Lipinski definition) is 3. The second-order valence-electron chi connectivity index (χ2n) is 3.84. The Bertz CT molecular complexity index is 541. The average molecular weight is 223 g/mol. The van der Waals surface area contributed by atoms with Crippen molar-refractivity contribution in [2.24, 2.45) is 0 Å². The lowest BCUT2D eigenvalue weighted by Crippen LogP contribution is -2.03. The van der Waals surface area contributed by atoms with Crippen LogP contribution in [-0.2, 0) is 6.54 Å². The normalized spacial score (nSPS) is 9.65. The van der Waals surface area contributed by atoms with Gasteiger partial charge in [-0.25, -0.2) is 4.98 Å². The van der Waals surface area contributed by atoms with Crippen molar-refractivity contribution in [1.82, 2.24) is 4.98 Å². The molecule has 0 atom stereocenters. The Morgan fingerprint density at radius 2 is 2.06 bits per heavy atom. The third-order valence-electron chi connectivity index (χ3n) is 2.51. The number of nitriles is 1. The Labute approximate surface area is 101 Å². The van der Waals surface area contributed by atoms with Crippen molar-refractivity contribution in [3.8, 4) is 6.07 Å². The maximum absolute atomic E-state index is 8.75. The first-order chi connectivity index (χ1) is 8.29. The van der Waals surface area contributed by atoms with E-state index in [0.29, 0.717) is 5.56 Å². The van der Waals surface area contributed by atoms with Gasteiger partial charge in [0.05, 0.1) is 5.56 Å². The molecule has 3 nitrogen and oxygen atoms in total. The lowest BCUT2D eigenvalue weighted by Gasteiger charge is -2.08. The van der Waals surface area contributed by atoms with E-state index in [9.17, 15) is 0 Å². The first-order valence-electron chi connectivity index (χ1n) is 5.44. The van der Waals surface area contributed by atoms with Gasteiger partial charge in [-0.2, -0.15) is 5.26 Å². The molecule has 0 aliphatic rings. The van der Waals surface area contributed by atoms with Crippen molar-refractivity contribution in [1.29, 1.82) is 5.26 Å². The van der Waals surface area contributed by atoms with Crippen molar-refractivity contribution in [2.75, 3.05) is 5.32 Å². The molecule has 0 saturated heterocycles. The van der Waals surface area contributed by atoms with Crippen LogP contribution >= 0.6 is 0 Å². The van der Waals surface area contributed by atoms with E-state index in [-0.39, 0.29) is 0 Å². The zero-order chi connectivity index (χ0) is 12.1. The van der Waals surface area contributed by atoms with E-state index in [0.717, 1.165) is 17.9 Å². The third kappa shape index (κ3) is 2.82. The van der Waals surface area contributed by atoms with Crippen molar-refractivity contribution in [3.63, 3.8) is 0 Å². The maximum Gasteiger partial charge on any atom is 0.129 e. The van der Waals surface area contributed by atoms with E-state index in [1.807, 2.05) is 31.2 Å². The molecule has 0 unspecified atom stereocenters. The van der Waals surface area contributed by atoms with E-state index in [4.69, 9.17) is 5.26 Å². The molecule has 3 heteroatoms. The van der Waals surface area contributed by atoms with Gasteiger partial charge >= 0.3 is 0 Å². The summed E-state index contributed by atoms with van der Waals surface area (Å²) in [7, 11) is 0. The van der Waals surface area contributed by atoms with Crippen molar-refractivity contribution in [3.05, 3.63) is 59.3 Å². The van der Waals surface area contributed by atoms with Gasteiger partial charge in [-0.05, 0) is 24.1 Å². The largest absolute Gasteiger partial charge is 0.366 e. The van der Waals surface area contributed by atoms with Gasteiger partial charge in [0.25, 0.3) is 0 Å². The molecule has 0 bridgehead atoms. The molecule has 1 N–H and O–H groups in total. The fraction of sp³-hybridized carbons (Fsp3) is 0.143. The topological polar surface area (TPSA) is 48.7 Å². The summed E-state index contributed by atoms with van der Waals surface area (Å²) in [5, 5.41) is 12.0. The predicted molar refractivity (Wildman–Crippen MR) is 67.5 cm³/mol. The van der Waals surface area contributed by atoms with Crippen LogP contribution in [0.1, 0.15) is 16.7 Å². The maximum atomic E-state index is 8.75. The second kappa shape index (κ2) is 5.13. The molecule has 0 aliphatic carbocycles. The van der Waals surface area contributed by atoms with Gasteiger partial charge in [0.1, 0.15) is 11.9 Å². The van der Waals surface area contributed by atoms with Crippen LogP contribution in [0.2, 0.25) is 0 Å². The molecule has 2 aromatic rings. The molecular formula is C14H13N3. The first-order valence-corrected chi connectivity index (χ1v) is 5.44. The summed E-state index contributed by atoms with van der Waals surface area (Å²) in [5.41, 5.74) is 2.78. The highest BCUT2D eigenvalue weighted by atomic mass is 15.0. The third-order valence-corrected chi connectivity index (χ3v) is 2.51. The molecular weight excluding hydrogens is 210 g/mol. The van der Waals surface area contributed by atoms with Gasteiger partial charge < -0.3 is 5.32 Å². The summed E-state index contributed by atoms with van der Waals surface area (Å²) in [4.78, 5) is 4.23. The quantitative estimate of drug-likeness (QED) is 0.870. The van der Waals surface area contributed by atoms with Crippen LogP contribution in [0.25, 0.3) is 0 Å². The fourth-order valence-corrected chi connectivity index (χ4v) is 1.60. The molecule has 17 heavy (non-hydrogen) atoms. The molecule has 0 amide bonds. The van der Waals surface area contributed by atoms with Crippen LogP contribution < -0.4 is 5.32 Å². The summed E-state index contributed by atoms with van der Waals surface area (Å²) in [6.45, 7) is 2.68. The van der Waals surface area contributed by atoms with Crippen molar-refractivity contribution >= 4 is 5.82 Å². The Morgan fingerprint density at radius 3 is 2.71 bits per heavy atom. The first kappa shape index (κ1) is 11.2. The Balaban J connectivity index is 2.08. The van der Waals surface area contributed by atoms with Crippen LogP contribution in [0.5, 0.6) is 0 Å². The minimum Gasteiger partial charge on any atom is -0.366 e. The second-order valence-corrected chi connectivity index (χ2v) is 3.84. The molecule has 0 spiro atoms. The summed E-state index contributed by atoms with van der Waals surface area (Å²) in [6.07, 6.45) is 1.58. The van der Waals surface area contributed by atoms with Crippen LogP contribution in [0.3, 0.4) is 0 Å². The Morgan fingerprint density at radius 1 is 1.29 bits per heavy atom. The summed E-state index contributed by atoms with van der Waals surface area (Å²) in [5.74, 6) is 0.827. The van der Waals surface area contributed by atoms with Gasteiger partial charge in [-0.15, -0.1) is 0 Å². The number of anilines is 1. The van der Waals surface area contributed by atoms with E-state index < -0.39 is 0 Å². The number of pyridine rings is 1. The number of hydrogen-bond donors (Lipinski definition) is 1. The van der Waals surface area contributed by atoms with Crippen LogP contribution in [0.4, 0.5) is 5.82 Å². The Kier molecular flexibility index (Phi) is 3.37. The highest BCUT2D eigenvalue weighted by Crippen LogP contribution is 2.13. The van der Waals surface area contributed by atoms with Gasteiger partial charge in [0, 0.05) is 12.7 Å². The Hall–Kier alpha value is -2.34. The highest BCUT2D eigenvalue weighted by Gasteiger charge is 2.01. The lowest BCUT2D eigenvalue weighted by molar-refractivity contribution is 1.09. The molecule has 0 fully saturated rings. The smallest absolute Gasteiger partial charge is 0.129 e. The monoisotopic (exact) mass is 223 g/mol. The number of nitrogens with one attached hydrogen (secondary N) is 1. The van der Waals surface area contributed by atoms with E-state index in [1.165, 1.54) is 5.56 Å². The molecule has 1 heterocycles. The summed E-state index contributed by atoms with van der Waals surface area (Å²) in [6, 6.07) is 14.0. The van der Waals surface area contributed by atoms with Crippen molar-refractivity contribution < 1.29 is 0 Å². The standard InChI is InChI=1S/C14H13N3/c1-11-7-13(8-15)10-17-14(11)16-9-12-5-3-2-4-6-12/h2-7,10H,9H2,1H3,(H,16,17). The summed E-state index contributed by atoms with van der Waals surface area (Å²) >= 11 is 0. The van der Waals surface area contributed by atoms with E-state index >= 15 is 0 Å². The van der Waals surface area contributed by atoms with Crippen molar-refractivity contribution in [2.45, 2.75) is 13.5 Å². The van der Waals surface area contributed by atoms with Gasteiger partial charge in [-0.3, -0.25) is 0 Å². The average Bonchev–Trinajstić information content (AvgIpc) is 2.38. The minimum atomic E-state index is 0.591. The molecule has 0 radical (unpaired) electrons. The molecule has 1 aromatic carbocycles. The van der Waals surface area contributed by atoms with E-state index in [2.05, 4.69) is 28.5 Å². The van der Waals surface area contributed by atoms with Crippen LogP contribution in [0.15, 0.2) is 42.6 Å². The number of aryl methyl sites for hydroxylation is 1. The number of benzene rings is 1. The highest BCUT2D eigenvalue weighted by molar-refractivity contribution is 5.47. The number of rotatable bonds is 3. The predicted octanol–water partition coefficient (Wildman–Crippen LogP) is 2.87. The zero-order valence-corrected chi connectivity index (χ0v) is 9.64. The zero-order valence-electron chi connectivity index (χ0n) is 9.64. The summed E-state index contributed by atoms with van der Waals surface area (Å²) < 4.78 is 0. The minimum absolute atomic E-state index is 0.591. The van der Waals surface area contributed by atoms with Gasteiger partial charge in [0.15, 0.2) is 0 Å². The van der Waals surface area contributed by atoms with Crippen LogP contribution in [0, 0.1) is 18.3 Å². The molecule has 84 valence electrons. The molecule has 0 saturated carbocycles. The lowest BCUT2D eigenvalue weighted by atomic mass is 10.2. The van der Waals surface area contributed by atoms with Crippen LogP contribution in [-0.4, -0.2) is 4.98 Å². The van der Waals surface area contributed by atoms with Gasteiger partial charge in [-0.1, -0.05) is 30.3 Å². The van der Waals surface area contributed by atoms with Gasteiger partial charge in [0.2, 0.25) is 0 Å². The SMILES string of the molecule is Cc1cc(C#N)cnc1NCc1ccccc1. The fourth-order valence-electron chi connectivity index (χ4n) is 1.60.